The normalized spacial score (nSPS) is 19.3. The SMILES string of the molecule is Cc1ccc(O)c(C(=O)N2CCSC[C@@H]2C#N)c1. The van der Waals surface area contributed by atoms with E-state index in [9.17, 15) is 9.90 Å². The van der Waals surface area contributed by atoms with Crippen LogP contribution in [0.25, 0.3) is 0 Å². The lowest BCUT2D eigenvalue weighted by atomic mass is 10.1. The largest absolute Gasteiger partial charge is 0.507 e. The first kappa shape index (κ1) is 12.8. The van der Waals surface area contributed by atoms with Gasteiger partial charge in [-0.05, 0) is 19.1 Å². The Bertz CT molecular complexity index is 510. The number of nitriles is 1. The molecule has 1 aromatic rings. The van der Waals surface area contributed by atoms with Crippen molar-refractivity contribution < 1.29 is 9.90 Å². The first-order valence-corrected chi connectivity index (χ1v) is 6.87. The van der Waals surface area contributed by atoms with Crippen molar-refractivity contribution in [2.24, 2.45) is 0 Å². The summed E-state index contributed by atoms with van der Waals surface area (Å²) in [5.41, 5.74) is 1.19. The number of carbonyl (C=O) groups is 1. The van der Waals surface area contributed by atoms with E-state index in [-0.39, 0.29) is 17.2 Å². The molecule has 94 valence electrons. The van der Waals surface area contributed by atoms with Crippen LogP contribution in [0.3, 0.4) is 0 Å². The number of phenols is 1. The molecule has 0 unspecified atom stereocenters. The van der Waals surface area contributed by atoms with Gasteiger partial charge in [-0.1, -0.05) is 11.6 Å². The summed E-state index contributed by atoms with van der Waals surface area (Å²) >= 11 is 1.67. The topological polar surface area (TPSA) is 64.3 Å². The molecular formula is C13H14N2O2S. The number of nitrogens with zero attached hydrogens (tertiary/aromatic N) is 2. The summed E-state index contributed by atoms with van der Waals surface area (Å²) in [7, 11) is 0. The Balaban J connectivity index is 2.30. The van der Waals surface area contributed by atoms with E-state index in [1.165, 1.54) is 6.07 Å². The summed E-state index contributed by atoms with van der Waals surface area (Å²) in [6, 6.07) is 6.66. The van der Waals surface area contributed by atoms with E-state index in [1.807, 2.05) is 6.92 Å². The van der Waals surface area contributed by atoms with Crippen molar-refractivity contribution in [1.29, 1.82) is 5.26 Å². The molecule has 18 heavy (non-hydrogen) atoms. The molecular weight excluding hydrogens is 248 g/mol. The van der Waals surface area contributed by atoms with Gasteiger partial charge in [0.2, 0.25) is 0 Å². The fourth-order valence-electron chi connectivity index (χ4n) is 1.93. The molecule has 1 aromatic carbocycles. The van der Waals surface area contributed by atoms with Crippen LogP contribution in [0.15, 0.2) is 18.2 Å². The minimum atomic E-state index is -0.406. The maximum atomic E-state index is 12.3. The third kappa shape index (κ3) is 2.44. The summed E-state index contributed by atoms with van der Waals surface area (Å²) < 4.78 is 0. The number of aryl methyl sites for hydroxylation is 1. The Morgan fingerprint density at radius 3 is 3.11 bits per heavy atom. The van der Waals surface area contributed by atoms with Crippen molar-refractivity contribution in [1.82, 2.24) is 4.90 Å². The Hall–Kier alpha value is -1.67. The Kier molecular flexibility index (Phi) is 3.78. The number of phenolic OH excluding ortho intramolecular Hbond substituents is 1. The number of carbonyl (C=O) groups excluding carboxylic acids is 1. The molecule has 5 heteroatoms. The minimum Gasteiger partial charge on any atom is -0.507 e. The highest BCUT2D eigenvalue weighted by Crippen LogP contribution is 2.24. The van der Waals surface area contributed by atoms with Crippen LogP contribution in [-0.2, 0) is 0 Å². The van der Waals surface area contributed by atoms with Gasteiger partial charge in [-0.15, -0.1) is 0 Å². The molecule has 0 aliphatic carbocycles. The third-order valence-electron chi connectivity index (χ3n) is 2.92. The van der Waals surface area contributed by atoms with Crippen LogP contribution < -0.4 is 0 Å². The van der Waals surface area contributed by atoms with E-state index in [0.717, 1.165) is 11.3 Å². The lowest BCUT2D eigenvalue weighted by Gasteiger charge is -2.31. The molecule has 0 saturated carbocycles. The van der Waals surface area contributed by atoms with Gasteiger partial charge < -0.3 is 10.0 Å². The molecule has 1 heterocycles. The van der Waals surface area contributed by atoms with Gasteiger partial charge in [0.25, 0.3) is 5.91 Å². The second-order valence-electron chi connectivity index (χ2n) is 4.24. The second-order valence-corrected chi connectivity index (χ2v) is 5.39. The Morgan fingerprint density at radius 2 is 2.39 bits per heavy atom. The maximum absolute atomic E-state index is 12.3. The summed E-state index contributed by atoms with van der Waals surface area (Å²) in [5.74, 6) is 1.18. The first-order chi connectivity index (χ1) is 8.63. The molecule has 2 rings (SSSR count). The highest BCUT2D eigenvalue weighted by atomic mass is 32.2. The van der Waals surface area contributed by atoms with Gasteiger partial charge in [0.05, 0.1) is 11.6 Å². The van der Waals surface area contributed by atoms with Gasteiger partial charge in [-0.2, -0.15) is 17.0 Å². The zero-order valence-corrected chi connectivity index (χ0v) is 10.9. The number of hydrogen-bond acceptors (Lipinski definition) is 4. The van der Waals surface area contributed by atoms with E-state index < -0.39 is 6.04 Å². The summed E-state index contributed by atoms with van der Waals surface area (Å²) in [4.78, 5) is 13.9. The predicted octanol–water partition coefficient (Wildman–Crippen LogP) is 1.78. The van der Waals surface area contributed by atoms with Gasteiger partial charge >= 0.3 is 0 Å². The van der Waals surface area contributed by atoms with Crippen molar-refractivity contribution in [3.63, 3.8) is 0 Å². The van der Waals surface area contributed by atoms with Crippen LogP contribution in [0, 0.1) is 18.3 Å². The van der Waals surface area contributed by atoms with Crippen molar-refractivity contribution in [2.45, 2.75) is 13.0 Å². The quantitative estimate of drug-likeness (QED) is 0.838. The van der Waals surface area contributed by atoms with Crippen LogP contribution in [-0.4, -0.2) is 40.0 Å². The molecule has 4 nitrogen and oxygen atoms in total. The van der Waals surface area contributed by atoms with Crippen LogP contribution in [0.4, 0.5) is 0 Å². The summed E-state index contributed by atoms with van der Waals surface area (Å²) in [6.07, 6.45) is 0. The van der Waals surface area contributed by atoms with Gasteiger partial charge in [-0.3, -0.25) is 4.79 Å². The fraction of sp³-hybridized carbons (Fsp3) is 0.385. The number of thioether (sulfide) groups is 1. The molecule has 1 N–H and O–H groups in total. The third-order valence-corrected chi connectivity index (χ3v) is 3.94. The lowest BCUT2D eigenvalue weighted by molar-refractivity contribution is 0.0734. The minimum absolute atomic E-state index is 0.0273. The van der Waals surface area contributed by atoms with Crippen molar-refractivity contribution in [3.05, 3.63) is 29.3 Å². The van der Waals surface area contributed by atoms with Gasteiger partial charge in [0.15, 0.2) is 0 Å². The molecule has 1 fully saturated rings. The number of aromatic hydroxyl groups is 1. The summed E-state index contributed by atoms with van der Waals surface area (Å²) in [6.45, 7) is 2.42. The monoisotopic (exact) mass is 262 g/mol. The number of amides is 1. The van der Waals surface area contributed by atoms with Crippen LogP contribution >= 0.6 is 11.8 Å². The van der Waals surface area contributed by atoms with Crippen LogP contribution in [0.1, 0.15) is 15.9 Å². The van der Waals surface area contributed by atoms with E-state index in [0.29, 0.717) is 12.3 Å². The van der Waals surface area contributed by atoms with Gasteiger partial charge in [0.1, 0.15) is 11.8 Å². The van der Waals surface area contributed by atoms with E-state index in [2.05, 4.69) is 6.07 Å². The number of rotatable bonds is 1. The zero-order valence-electron chi connectivity index (χ0n) is 10.1. The van der Waals surface area contributed by atoms with Gasteiger partial charge in [-0.25, -0.2) is 0 Å². The number of hydrogen-bond donors (Lipinski definition) is 1. The molecule has 0 radical (unpaired) electrons. The molecule has 1 amide bonds. The molecule has 1 aliphatic rings. The van der Waals surface area contributed by atoms with Crippen molar-refractivity contribution in [2.75, 3.05) is 18.1 Å². The average molecular weight is 262 g/mol. The Labute approximate surface area is 110 Å². The lowest BCUT2D eigenvalue weighted by Crippen LogP contribution is -2.45. The van der Waals surface area contributed by atoms with E-state index in [1.54, 1.807) is 28.8 Å². The van der Waals surface area contributed by atoms with Crippen LogP contribution in [0.5, 0.6) is 5.75 Å². The second kappa shape index (κ2) is 5.32. The molecule has 1 atom stereocenters. The Morgan fingerprint density at radius 1 is 1.61 bits per heavy atom. The van der Waals surface area contributed by atoms with E-state index in [4.69, 9.17) is 5.26 Å². The highest BCUT2D eigenvalue weighted by molar-refractivity contribution is 7.99. The van der Waals surface area contributed by atoms with Gasteiger partial charge in [0, 0.05) is 18.1 Å². The van der Waals surface area contributed by atoms with Crippen molar-refractivity contribution in [3.8, 4) is 11.8 Å². The molecule has 1 saturated heterocycles. The maximum Gasteiger partial charge on any atom is 0.258 e. The van der Waals surface area contributed by atoms with Crippen molar-refractivity contribution >= 4 is 17.7 Å². The zero-order chi connectivity index (χ0) is 13.1. The smallest absolute Gasteiger partial charge is 0.258 e. The number of benzene rings is 1. The standard InChI is InChI=1S/C13H14N2O2S/c1-9-2-3-12(16)11(6-9)13(17)15-4-5-18-8-10(15)7-14/h2-3,6,10,16H,4-5,8H2,1H3/t10-/m0/s1. The fourth-order valence-corrected chi connectivity index (χ4v) is 2.90. The summed E-state index contributed by atoms with van der Waals surface area (Å²) in [5, 5.41) is 18.8. The highest BCUT2D eigenvalue weighted by Gasteiger charge is 2.28. The predicted molar refractivity (Wildman–Crippen MR) is 70.6 cm³/mol. The molecule has 1 aliphatic heterocycles. The molecule has 0 spiro atoms. The van der Waals surface area contributed by atoms with Crippen LogP contribution in [0.2, 0.25) is 0 Å². The first-order valence-electron chi connectivity index (χ1n) is 5.71. The molecule has 0 aromatic heterocycles. The van der Waals surface area contributed by atoms with E-state index >= 15 is 0 Å². The average Bonchev–Trinajstić information content (AvgIpc) is 2.40. The molecule has 0 bridgehead atoms.